The number of rotatable bonds is 5. The van der Waals surface area contributed by atoms with Crippen LogP contribution in [0.5, 0.6) is 0 Å². The topological polar surface area (TPSA) is 87.7 Å². The first-order valence-electron chi connectivity index (χ1n) is 12.1. The maximum absolute atomic E-state index is 13.7. The highest BCUT2D eigenvalue weighted by Crippen LogP contribution is 2.60. The Bertz CT molecular complexity index is 814. The number of hydrogen-bond acceptors (Lipinski definition) is 4. The van der Waals surface area contributed by atoms with Gasteiger partial charge in [0.15, 0.2) is 0 Å². The third-order valence-corrected chi connectivity index (χ3v) is 8.22. The molecule has 2 saturated carbocycles. The quantitative estimate of drug-likeness (QED) is 0.655. The lowest BCUT2D eigenvalue weighted by Gasteiger charge is -2.35. The molecule has 5 rings (SSSR count). The molecule has 2 saturated heterocycles. The molecule has 3 amide bonds. The van der Waals surface area contributed by atoms with E-state index in [-0.39, 0.29) is 35.8 Å². The van der Waals surface area contributed by atoms with Crippen LogP contribution in [0.15, 0.2) is 12.2 Å². The molecule has 31 heavy (non-hydrogen) atoms. The van der Waals surface area contributed by atoms with E-state index < -0.39 is 29.1 Å². The van der Waals surface area contributed by atoms with Gasteiger partial charge in [0.05, 0.1) is 17.4 Å². The highest BCUT2D eigenvalue weighted by molar-refractivity contribution is 6.00. The van der Waals surface area contributed by atoms with Gasteiger partial charge in [-0.25, -0.2) is 0 Å². The van der Waals surface area contributed by atoms with Gasteiger partial charge in [-0.2, -0.15) is 0 Å². The molecule has 3 heterocycles. The summed E-state index contributed by atoms with van der Waals surface area (Å²) in [5, 5.41) is 6.37. The number of likely N-dealkylation sites (tertiary alicyclic amines) is 1. The zero-order chi connectivity index (χ0) is 22.0. The summed E-state index contributed by atoms with van der Waals surface area (Å²) in [6, 6.07) is -0.567. The summed E-state index contributed by atoms with van der Waals surface area (Å²) < 4.78 is 6.52. The number of carbonyl (C=O) groups is 3. The van der Waals surface area contributed by atoms with Crippen LogP contribution in [-0.4, -0.2) is 58.0 Å². The third kappa shape index (κ3) is 3.06. The van der Waals surface area contributed by atoms with Crippen molar-refractivity contribution in [3.8, 4) is 0 Å². The van der Waals surface area contributed by atoms with E-state index in [1.165, 1.54) is 0 Å². The van der Waals surface area contributed by atoms with E-state index in [1.807, 2.05) is 32.9 Å². The van der Waals surface area contributed by atoms with Crippen LogP contribution in [0.25, 0.3) is 0 Å². The summed E-state index contributed by atoms with van der Waals surface area (Å²) in [6.07, 6.45) is 12.2. The molecule has 5 atom stereocenters. The molecule has 1 spiro atoms. The molecule has 170 valence electrons. The summed E-state index contributed by atoms with van der Waals surface area (Å²) in [5.41, 5.74) is -1.94. The van der Waals surface area contributed by atoms with Crippen LogP contribution in [0.4, 0.5) is 0 Å². The lowest BCUT2D eigenvalue weighted by atomic mass is 9.70. The van der Waals surface area contributed by atoms with Gasteiger partial charge in [-0.1, -0.05) is 37.8 Å². The number of amides is 3. The Morgan fingerprint density at radius 2 is 1.55 bits per heavy atom. The number of carbonyl (C=O) groups excluding carboxylic acids is 3. The van der Waals surface area contributed by atoms with Gasteiger partial charge >= 0.3 is 0 Å². The van der Waals surface area contributed by atoms with E-state index in [9.17, 15) is 14.4 Å². The fourth-order valence-electron chi connectivity index (χ4n) is 6.84. The highest BCUT2D eigenvalue weighted by atomic mass is 16.5. The van der Waals surface area contributed by atoms with Gasteiger partial charge in [0.2, 0.25) is 17.7 Å². The molecule has 2 N–H and O–H groups in total. The first-order valence-corrected chi connectivity index (χ1v) is 12.1. The maximum Gasteiger partial charge on any atom is 0.246 e. The normalized spacial score (nSPS) is 39.7. The Labute approximate surface area is 184 Å². The van der Waals surface area contributed by atoms with Crippen LogP contribution in [-0.2, 0) is 19.1 Å². The second-order valence-electron chi connectivity index (χ2n) is 10.6. The number of fused-ring (bicyclic) bond motifs is 1. The smallest absolute Gasteiger partial charge is 0.246 e. The van der Waals surface area contributed by atoms with Crippen molar-refractivity contribution in [1.82, 2.24) is 15.5 Å². The van der Waals surface area contributed by atoms with Crippen LogP contribution >= 0.6 is 0 Å². The molecule has 5 aliphatic rings. The van der Waals surface area contributed by atoms with Gasteiger partial charge in [-0.05, 0) is 46.5 Å². The van der Waals surface area contributed by atoms with E-state index in [0.717, 1.165) is 51.4 Å². The van der Waals surface area contributed by atoms with Gasteiger partial charge in [0, 0.05) is 18.1 Å². The van der Waals surface area contributed by atoms with Gasteiger partial charge in [0.25, 0.3) is 0 Å². The second-order valence-corrected chi connectivity index (χ2v) is 10.6. The molecule has 0 unspecified atom stereocenters. The summed E-state index contributed by atoms with van der Waals surface area (Å²) in [4.78, 5) is 42.3. The summed E-state index contributed by atoms with van der Waals surface area (Å²) in [5.74, 6) is -1.68. The molecule has 2 bridgehead atoms. The molecule has 7 heteroatoms. The van der Waals surface area contributed by atoms with Gasteiger partial charge in [0.1, 0.15) is 11.6 Å². The van der Waals surface area contributed by atoms with Crippen molar-refractivity contribution in [3.05, 3.63) is 12.2 Å². The van der Waals surface area contributed by atoms with E-state index in [2.05, 4.69) is 10.6 Å². The molecule has 2 aliphatic carbocycles. The average molecular weight is 430 g/mol. The predicted molar refractivity (Wildman–Crippen MR) is 115 cm³/mol. The Morgan fingerprint density at radius 3 is 2.10 bits per heavy atom. The van der Waals surface area contributed by atoms with E-state index in [0.29, 0.717) is 0 Å². The van der Waals surface area contributed by atoms with Crippen molar-refractivity contribution in [2.75, 3.05) is 0 Å². The van der Waals surface area contributed by atoms with Crippen molar-refractivity contribution in [1.29, 1.82) is 0 Å². The molecule has 3 aliphatic heterocycles. The third-order valence-electron chi connectivity index (χ3n) is 8.22. The largest absolute Gasteiger partial charge is 0.356 e. The number of nitrogens with zero attached hydrogens (tertiary/aromatic N) is 1. The van der Waals surface area contributed by atoms with Crippen molar-refractivity contribution >= 4 is 17.7 Å². The lowest BCUT2D eigenvalue weighted by molar-refractivity contribution is -0.147. The van der Waals surface area contributed by atoms with E-state index >= 15 is 0 Å². The molecule has 0 radical (unpaired) electrons. The van der Waals surface area contributed by atoms with Crippen molar-refractivity contribution < 1.29 is 19.1 Å². The summed E-state index contributed by atoms with van der Waals surface area (Å²) in [7, 11) is 0. The molecule has 7 nitrogen and oxygen atoms in total. The average Bonchev–Trinajstić information content (AvgIpc) is 3.49. The summed E-state index contributed by atoms with van der Waals surface area (Å²) in [6.45, 7) is 5.74. The Balaban J connectivity index is 1.47. The van der Waals surface area contributed by atoms with Crippen LogP contribution in [0.3, 0.4) is 0 Å². The van der Waals surface area contributed by atoms with Gasteiger partial charge in [-0.15, -0.1) is 0 Å². The van der Waals surface area contributed by atoms with Crippen LogP contribution < -0.4 is 10.6 Å². The Morgan fingerprint density at radius 1 is 1.00 bits per heavy atom. The number of nitrogens with one attached hydrogen (secondary N) is 2. The predicted octanol–water partition coefficient (Wildman–Crippen LogP) is 2.05. The molecular formula is C24H35N3O4. The lowest BCUT2D eigenvalue weighted by Crippen LogP contribution is -2.57. The van der Waals surface area contributed by atoms with Gasteiger partial charge < -0.3 is 20.3 Å². The van der Waals surface area contributed by atoms with Crippen LogP contribution in [0.2, 0.25) is 0 Å². The first kappa shape index (κ1) is 21.0. The van der Waals surface area contributed by atoms with Crippen LogP contribution in [0.1, 0.15) is 72.1 Å². The molecule has 4 fully saturated rings. The second kappa shape index (κ2) is 7.32. The van der Waals surface area contributed by atoms with E-state index in [1.54, 1.807) is 4.90 Å². The molecule has 0 aromatic heterocycles. The minimum absolute atomic E-state index is 0.112. The van der Waals surface area contributed by atoms with Crippen LogP contribution in [0, 0.1) is 11.8 Å². The Kier molecular flexibility index (Phi) is 4.96. The highest BCUT2D eigenvalue weighted by Gasteiger charge is 2.76. The fraction of sp³-hybridized carbons (Fsp3) is 0.792. The monoisotopic (exact) mass is 429 g/mol. The molecule has 0 aromatic carbocycles. The molecular weight excluding hydrogens is 394 g/mol. The summed E-state index contributed by atoms with van der Waals surface area (Å²) >= 11 is 0. The van der Waals surface area contributed by atoms with Crippen molar-refractivity contribution in [3.63, 3.8) is 0 Å². The zero-order valence-corrected chi connectivity index (χ0v) is 18.9. The standard InChI is InChI=1S/C24H35N3O4/c1-14(2)27-19(21(29)26-16-10-6-7-11-16)24-13-12-23(3,31-24)17(18(24)22(27)30)20(28)25-15-8-4-5-9-15/h12-19H,4-11H2,1-3H3,(H,25,28)(H,26,29)/t17-,18-,19+,23+,24-/m0/s1. The number of ether oxygens (including phenoxy) is 1. The minimum atomic E-state index is -1.07. The fourth-order valence-corrected chi connectivity index (χ4v) is 6.84. The molecule has 0 aromatic rings. The zero-order valence-electron chi connectivity index (χ0n) is 18.9. The van der Waals surface area contributed by atoms with Gasteiger partial charge in [-0.3, -0.25) is 14.4 Å². The SMILES string of the molecule is CC(C)N1C(=O)[C@@H]2[C@@H](C(=O)NC3CCCC3)[C@@]3(C)C=C[C@@]2(O3)[C@H]1C(=O)NC1CCCC1. The Hall–Kier alpha value is -1.89. The number of hydrogen-bond donors (Lipinski definition) is 2. The maximum atomic E-state index is 13.7. The first-order chi connectivity index (χ1) is 14.8. The minimum Gasteiger partial charge on any atom is -0.356 e. The van der Waals surface area contributed by atoms with Crippen molar-refractivity contribution in [2.45, 2.75) is 108 Å². The van der Waals surface area contributed by atoms with E-state index in [4.69, 9.17) is 4.74 Å². The van der Waals surface area contributed by atoms with Crippen molar-refractivity contribution in [2.24, 2.45) is 11.8 Å².